The summed E-state index contributed by atoms with van der Waals surface area (Å²) in [6, 6.07) is 8.69. The molecule has 1 aromatic rings. The minimum atomic E-state index is -0.109. The number of hydrogen-bond acceptors (Lipinski definition) is 2. The topological polar surface area (TPSA) is 12.5 Å². The highest BCUT2D eigenvalue weighted by Gasteiger charge is 2.32. The van der Waals surface area contributed by atoms with Gasteiger partial charge in [0.05, 0.1) is 11.7 Å². The maximum Gasteiger partial charge on any atom is 0.0845 e. The fourth-order valence-electron chi connectivity index (χ4n) is 2.69. The van der Waals surface area contributed by atoms with Gasteiger partial charge in [0.25, 0.3) is 0 Å². The highest BCUT2D eigenvalue weighted by Crippen LogP contribution is 2.23. The number of rotatable bonds is 3. The SMILES string of the molecule is Cc1cccc(CN2CC(CCl)OC(C)(C)C2)c1. The Labute approximate surface area is 115 Å². The number of halogens is 1. The van der Waals surface area contributed by atoms with E-state index in [4.69, 9.17) is 16.3 Å². The van der Waals surface area contributed by atoms with Crippen molar-refractivity contribution in [1.29, 1.82) is 0 Å². The van der Waals surface area contributed by atoms with Gasteiger partial charge in [0.1, 0.15) is 0 Å². The number of ether oxygens (including phenoxy) is 1. The smallest absolute Gasteiger partial charge is 0.0845 e. The van der Waals surface area contributed by atoms with Crippen molar-refractivity contribution in [1.82, 2.24) is 4.90 Å². The fraction of sp³-hybridized carbons (Fsp3) is 0.600. The van der Waals surface area contributed by atoms with Crippen LogP contribution in [-0.2, 0) is 11.3 Å². The molecule has 0 radical (unpaired) electrons. The third-order valence-electron chi connectivity index (χ3n) is 3.21. The Morgan fingerprint density at radius 1 is 1.44 bits per heavy atom. The van der Waals surface area contributed by atoms with E-state index >= 15 is 0 Å². The second-order valence-electron chi connectivity index (χ2n) is 5.81. The molecule has 0 spiro atoms. The molecular weight excluding hydrogens is 246 g/mol. The van der Waals surface area contributed by atoms with Crippen molar-refractivity contribution in [2.24, 2.45) is 0 Å². The summed E-state index contributed by atoms with van der Waals surface area (Å²) in [5.74, 6) is 0.563. The lowest BCUT2D eigenvalue weighted by Crippen LogP contribution is -2.52. The zero-order valence-corrected chi connectivity index (χ0v) is 12.2. The molecular formula is C15H22ClNO. The average Bonchev–Trinajstić information content (AvgIpc) is 2.26. The lowest BCUT2D eigenvalue weighted by atomic mass is 10.0. The van der Waals surface area contributed by atoms with Crippen LogP contribution in [0.3, 0.4) is 0 Å². The Hall–Kier alpha value is -0.570. The molecule has 2 rings (SSSR count). The summed E-state index contributed by atoms with van der Waals surface area (Å²) in [5.41, 5.74) is 2.57. The lowest BCUT2D eigenvalue weighted by molar-refractivity contribution is -0.129. The van der Waals surface area contributed by atoms with Crippen LogP contribution in [0.1, 0.15) is 25.0 Å². The van der Waals surface area contributed by atoms with Crippen molar-refractivity contribution >= 4 is 11.6 Å². The number of benzene rings is 1. The number of alkyl halides is 1. The Morgan fingerprint density at radius 3 is 2.89 bits per heavy atom. The third-order valence-corrected chi connectivity index (χ3v) is 3.56. The first-order valence-corrected chi connectivity index (χ1v) is 7.04. The molecule has 0 bridgehead atoms. The van der Waals surface area contributed by atoms with Gasteiger partial charge >= 0.3 is 0 Å². The van der Waals surface area contributed by atoms with Gasteiger partial charge in [0, 0.05) is 25.5 Å². The minimum absolute atomic E-state index is 0.109. The molecule has 0 N–H and O–H groups in total. The van der Waals surface area contributed by atoms with E-state index in [9.17, 15) is 0 Å². The van der Waals surface area contributed by atoms with Crippen molar-refractivity contribution in [3.63, 3.8) is 0 Å². The van der Waals surface area contributed by atoms with Gasteiger partial charge in [-0.05, 0) is 26.3 Å². The molecule has 1 aliphatic rings. The van der Waals surface area contributed by atoms with Gasteiger partial charge < -0.3 is 4.74 Å². The van der Waals surface area contributed by atoms with Crippen molar-refractivity contribution in [3.05, 3.63) is 35.4 Å². The molecule has 0 aliphatic carbocycles. The summed E-state index contributed by atoms with van der Waals surface area (Å²) in [6.07, 6.45) is 0.139. The second kappa shape index (κ2) is 5.60. The largest absolute Gasteiger partial charge is 0.368 e. The van der Waals surface area contributed by atoms with E-state index in [-0.39, 0.29) is 11.7 Å². The van der Waals surface area contributed by atoms with E-state index in [2.05, 4.69) is 49.9 Å². The maximum absolute atomic E-state index is 5.95. The molecule has 0 saturated carbocycles. The van der Waals surface area contributed by atoms with Gasteiger partial charge in [-0.3, -0.25) is 4.90 Å². The molecule has 1 fully saturated rings. The molecule has 1 heterocycles. The maximum atomic E-state index is 5.95. The van der Waals surface area contributed by atoms with E-state index in [1.807, 2.05) is 0 Å². The van der Waals surface area contributed by atoms with Crippen molar-refractivity contribution in [2.45, 2.75) is 39.0 Å². The van der Waals surface area contributed by atoms with E-state index in [1.165, 1.54) is 11.1 Å². The monoisotopic (exact) mass is 267 g/mol. The minimum Gasteiger partial charge on any atom is -0.368 e. The quantitative estimate of drug-likeness (QED) is 0.780. The predicted molar refractivity (Wildman–Crippen MR) is 76.1 cm³/mol. The number of morpholine rings is 1. The predicted octanol–water partition coefficient (Wildman–Crippen LogP) is 3.21. The summed E-state index contributed by atoms with van der Waals surface area (Å²) in [5, 5.41) is 0. The van der Waals surface area contributed by atoms with E-state index < -0.39 is 0 Å². The first kappa shape index (κ1) is 13.9. The summed E-state index contributed by atoms with van der Waals surface area (Å²) in [6.45, 7) is 9.25. The van der Waals surface area contributed by atoms with Crippen LogP contribution in [0.5, 0.6) is 0 Å². The highest BCUT2D eigenvalue weighted by molar-refractivity contribution is 6.18. The molecule has 1 aromatic carbocycles. The summed E-state index contributed by atoms with van der Waals surface area (Å²) in [4.78, 5) is 2.44. The summed E-state index contributed by atoms with van der Waals surface area (Å²) in [7, 11) is 0. The number of nitrogens with zero attached hydrogens (tertiary/aromatic N) is 1. The van der Waals surface area contributed by atoms with Gasteiger partial charge in [-0.2, -0.15) is 0 Å². The average molecular weight is 268 g/mol. The van der Waals surface area contributed by atoms with Crippen LogP contribution in [0.25, 0.3) is 0 Å². The van der Waals surface area contributed by atoms with E-state index in [0.29, 0.717) is 5.88 Å². The second-order valence-corrected chi connectivity index (χ2v) is 6.12. The van der Waals surface area contributed by atoms with Gasteiger partial charge in [0.2, 0.25) is 0 Å². The van der Waals surface area contributed by atoms with Crippen molar-refractivity contribution in [3.8, 4) is 0 Å². The summed E-state index contributed by atoms with van der Waals surface area (Å²) >= 11 is 5.95. The standard InChI is InChI=1S/C15H22ClNO/c1-12-5-4-6-13(7-12)9-17-10-14(8-16)18-15(2,3)11-17/h4-7,14H,8-11H2,1-3H3. The molecule has 0 aromatic heterocycles. The summed E-state index contributed by atoms with van der Waals surface area (Å²) < 4.78 is 5.94. The van der Waals surface area contributed by atoms with Crippen LogP contribution in [-0.4, -0.2) is 35.6 Å². The third kappa shape index (κ3) is 3.71. The molecule has 1 unspecified atom stereocenters. The lowest BCUT2D eigenvalue weighted by Gasteiger charge is -2.42. The van der Waals surface area contributed by atoms with Crippen LogP contribution >= 0.6 is 11.6 Å². The molecule has 1 atom stereocenters. The molecule has 100 valence electrons. The Morgan fingerprint density at radius 2 is 2.22 bits per heavy atom. The van der Waals surface area contributed by atoms with Gasteiger partial charge in [-0.25, -0.2) is 0 Å². The van der Waals surface area contributed by atoms with E-state index in [1.54, 1.807) is 0 Å². The van der Waals surface area contributed by atoms with Crippen LogP contribution in [0.2, 0.25) is 0 Å². The number of hydrogen-bond donors (Lipinski definition) is 0. The fourth-order valence-corrected chi connectivity index (χ4v) is 2.85. The van der Waals surface area contributed by atoms with Gasteiger partial charge in [-0.15, -0.1) is 11.6 Å². The van der Waals surface area contributed by atoms with Gasteiger partial charge in [0.15, 0.2) is 0 Å². The van der Waals surface area contributed by atoms with Crippen LogP contribution in [0, 0.1) is 6.92 Å². The Bertz CT molecular complexity index is 405. The van der Waals surface area contributed by atoms with Gasteiger partial charge in [-0.1, -0.05) is 29.8 Å². The van der Waals surface area contributed by atoms with Crippen molar-refractivity contribution < 1.29 is 4.74 Å². The Kier molecular flexibility index (Phi) is 4.31. The first-order valence-electron chi connectivity index (χ1n) is 6.50. The molecule has 18 heavy (non-hydrogen) atoms. The van der Waals surface area contributed by atoms with Crippen molar-refractivity contribution in [2.75, 3.05) is 19.0 Å². The molecule has 3 heteroatoms. The zero-order chi connectivity index (χ0) is 13.2. The normalized spacial score (nSPS) is 24.1. The highest BCUT2D eigenvalue weighted by atomic mass is 35.5. The molecule has 0 amide bonds. The zero-order valence-electron chi connectivity index (χ0n) is 11.4. The van der Waals surface area contributed by atoms with Crippen LogP contribution in [0.4, 0.5) is 0 Å². The molecule has 2 nitrogen and oxygen atoms in total. The number of aryl methyl sites for hydroxylation is 1. The van der Waals surface area contributed by atoms with Crippen LogP contribution < -0.4 is 0 Å². The van der Waals surface area contributed by atoms with E-state index in [0.717, 1.165) is 19.6 Å². The molecule has 1 saturated heterocycles. The molecule has 1 aliphatic heterocycles. The van der Waals surface area contributed by atoms with Crippen LogP contribution in [0.15, 0.2) is 24.3 Å². The Balaban J connectivity index is 2.04. The first-order chi connectivity index (χ1) is 8.48.